The Kier molecular flexibility index (Phi) is 4.94. The first-order chi connectivity index (χ1) is 6.74. The highest BCUT2D eigenvalue weighted by Gasteiger charge is 2.24. The number of hydrogen-bond acceptors (Lipinski definition) is 2. The first kappa shape index (κ1) is 11.5. The second-order valence-corrected chi connectivity index (χ2v) is 4.35. The van der Waals surface area contributed by atoms with Crippen molar-refractivity contribution in [2.45, 2.75) is 39.0 Å². The zero-order valence-electron chi connectivity index (χ0n) is 8.96. The van der Waals surface area contributed by atoms with Gasteiger partial charge >= 0.3 is 0 Å². The van der Waals surface area contributed by atoms with Crippen LogP contribution in [0.25, 0.3) is 0 Å². The summed E-state index contributed by atoms with van der Waals surface area (Å²) >= 11 is 0. The molecule has 0 aromatic heterocycles. The van der Waals surface area contributed by atoms with Crippen LogP contribution in [0.3, 0.4) is 0 Å². The van der Waals surface area contributed by atoms with Gasteiger partial charge in [0, 0.05) is 19.1 Å². The van der Waals surface area contributed by atoms with Gasteiger partial charge in [0.1, 0.15) is 0 Å². The molecule has 0 saturated heterocycles. The van der Waals surface area contributed by atoms with Crippen molar-refractivity contribution in [3.8, 4) is 0 Å². The van der Waals surface area contributed by atoms with Crippen LogP contribution in [0.1, 0.15) is 39.0 Å². The van der Waals surface area contributed by atoms with E-state index >= 15 is 0 Å². The second kappa shape index (κ2) is 6.02. The molecular formula is C11H21NO2. The Morgan fingerprint density at radius 2 is 2.29 bits per heavy atom. The highest BCUT2D eigenvalue weighted by molar-refractivity contribution is 5.79. The summed E-state index contributed by atoms with van der Waals surface area (Å²) in [6.07, 6.45) is 5.30. The smallest absolute Gasteiger partial charge is 0.223 e. The average molecular weight is 199 g/mol. The van der Waals surface area contributed by atoms with E-state index in [1.54, 1.807) is 0 Å². The van der Waals surface area contributed by atoms with E-state index in [0.717, 1.165) is 32.2 Å². The van der Waals surface area contributed by atoms with Gasteiger partial charge in [0.2, 0.25) is 5.91 Å². The van der Waals surface area contributed by atoms with Crippen molar-refractivity contribution in [1.29, 1.82) is 0 Å². The molecule has 1 unspecified atom stereocenters. The molecule has 1 rings (SSSR count). The average Bonchev–Trinajstić information content (AvgIpc) is 2.09. The molecule has 0 aromatic rings. The van der Waals surface area contributed by atoms with Crippen molar-refractivity contribution in [1.82, 2.24) is 5.32 Å². The maximum absolute atomic E-state index is 11.4. The van der Waals surface area contributed by atoms with E-state index in [9.17, 15) is 4.79 Å². The van der Waals surface area contributed by atoms with E-state index in [1.807, 2.05) is 6.92 Å². The molecule has 3 heteroatoms. The lowest BCUT2D eigenvalue weighted by molar-refractivity contribution is -0.127. The van der Waals surface area contributed by atoms with Gasteiger partial charge in [-0.05, 0) is 31.6 Å². The summed E-state index contributed by atoms with van der Waals surface area (Å²) < 4.78 is 0. The minimum Gasteiger partial charge on any atom is -0.396 e. The van der Waals surface area contributed by atoms with E-state index in [1.165, 1.54) is 6.42 Å². The fraction of sp³-hybridized carbons (Fsp3) is 0.909. The van der Waals surface area contributed by atoms with E-state index in [0.29, 0.717) is 11.8 Å². The molecule has 1 saturated carbocycles. The number of carbonyl (C=O) groups is 1. The first-order valence-electron chi connectivity index (χ1n) is 5.62. The maximum atomic E-state index is 11.4. The second-order valence-electron chi connectivity index (χ2n) is 4.35. The van der Waals surface area contributed by atoms with Crippen molar-refractivity contribution in [2.24, 2.45) is 11.8 Å². The number of amides is 1. The molecule has 0 radical (unpaired) electrons. The Labute approximate surface area is 85.9 Å². The summed E-state index contributed by atoms with van der Waals surface area (Å²) in [5, 5.41) is 11.7. The van der Waals surface area contributed by atoms with Gasteiger partial charge in [-0.25, -0.2) is 0 Å². The molecule has 2 N–H and O–H groups in total. The molecule has 1 fully saturated rings. The SMILES string of the molecule is CC(CO)CCCNC(=O)C1CCC1. The summed E-state index contributed by atoms with van der Waals surface area (Å²) in [7, 11) is 0. The monoisotopic (exact) mass is 199 g/mol. The number of carbonyl (C=O) groups excluding carboxylic acids is 1. The summed E-state index contributed by atoms with van der Waals surface area (Å²) in [6, 6.07) is 0. The van der Waals surface area contributed by atoms with Crippen LogP contribution in [0.15, 0.2) is 0 Å². The van der Waals surface area contributed by atoms with Crippen LogP contribution in [0.5, 0.6) is 0 Å². The first-order valence-corrected chi connectivity index (χ1v) is 5.62. The molecule has 1 amide bonds. The molecule has 0 aliphatic heterocycles. The Morgan fingerprint density at radius 1 is 1.57 bits per heavy atom. The van der Waals surface area contributed by atoms with Crippen LogP contribution in [-0.2, 0) is 4.79 Å². The lowest BCUT2D eigenvalue weighted by atomic mass is 9.85. The molecule has 0 aromatic carbocycles. The molecule has 0 heterocycles. The third-order valence-electron chi connectivity index (χ3n) is 2.96. The Balaban J connectivity index is 1.95. The van der Waals surface area contributed by atoms with Crippen molar-refractivity contribution in [3.05, 3.63) is 0 Å². The van der Waals surface area contributed by atoms with Gasteiger partial charge in [-0.2, -0.15) is 0 Å². The van der Waals surface area contributed by atoms with Crippen LogP contribution >= 0.6 is 0 Å². The zero-order valence-corrected chi connectivity index (χ0v) is 8.96. The number of aliphatic hydroxyl groups is 1. The van der Waals surface area contributed by atoms with E-state index < -0.39 is 0 Å². The predicted molar refractivity (Wildman–Crippen MR) is 55.8 cm³/mol. The summed E-state index contributed by atoms with van der Waals surface area (Å²) in [5.41, 5.74) is 0. The van der Waals surface area contributed by atoms with Crippen molar-refractivity contribution < 1.29 is 9.90 Å². The third-order valence-corrected chi connectivity index (χ3v) is 2.96. The molecule has 1 aliphatic rings. The Hall–Kier alpha value is -0.570. The number of hydrogen-bond donors (Lipinski definition) is 2. The van der Waals surface area contributed by atoms with Crippen molar-refractivity contribution in [3.63, 3.8) is 0 Å². The van der Waals surface area contributed by atoms with Gasteiger partial charge in [0.15, 0.2) is 0 Å². The maximum Gasteiger partial charge on any atom is 0.223 e. The van der Waals surface area contributed by atoms with Crippen LogP contribution in [-0.4, -0.2) is 24.2 Å². The molecule has 1 aliphatic carbocycles. The zero-order chi connectivity index (χ0) is 10.4. The van der Waals surface area contributed by atoms with Gasteiger partial charge in [-0.15, -0.1) is 0 Å². The minimum atomic E-state index is 0.230. The van der Waals surface area contributed by atoms with E-state index in [-0.39, 0.29) is 12.5 Å². The highest BCUT2D eigenvalue weighted by atomic mass is 16.3. The van der Waals surface area contributed by atoms with E-state index in [2.05, 4.69) is 5.32 Å². The van der Waals surface area contributed by atoms with Crippen molar-refractivity contribution in [2.75, 3.05) is 13.2 Å². The third kappa shape index (κ3) is 3.66. The highest BCUT2D eigenvalue weighted by Crippen LogP contribution is 2.26. The van der Waals surface area contributed by atoms with Gasteiger partial charge < -0.3 is 10.4 Å². The molecular weight excluding hydrogens is 178 g/mol. The summed E-state index contributed by atoms with van der Waals surface area (Å²) in [4.78, 5) is 11.4. The molecule has 14 heavy (non-hydrogen) atoms. The fourth-order valence-electron chi connectivity index (χ4n) is 1.57. The molecule has 82 valence electrons. The number of rotatable bonds is 6. The van der Waals surface area contributed by atoms with Crippen LogP contribution in [0.4, 0.5) is 0 Å². The fourth-order valence-corrected chi connectivity index (χ4v) is 1.57. The molecule has 1 atom stereocenters. The Bertz CT molecular complexity index is 178. The Morgan fingerprint density at radius 3 is 2.79 bits per heavy atom. The lowest BCUT2D eigenvalue weighted by Crippen LogP contribution is -2.35. The van der Waals surface area contributed by atoms with Crippen molar-refractivity contribution >= 4 is 5.91 Å². The standard InChI is InChI=1S/C11H21NO2/c1-9(8-13)4-3-7-12-11(14)10-5-2-6-10/h9-10,13H,2-8H2,1H3,(H,12,14). The number of nitrogens with one attached hydrogen (secondary N) is 1. The van der Waals surface area contributed by atoms with Crippen LogP contribution < -0.4 is 5.32 Å². The summed E-state index contributed by atoms with van der Waals surface area (Å²) in [5.74, 6) is 0.883. The number of aliphatic hydroxyl groups excluding tert-OH is 1. The van der Waals surface area contributed by atoms with Gasteiger partial charge in [0.25, 0.3) is 0 Å². The van der Waals surface area contributed by atoms with E-state index in [4.69, 9.17) is 5.11 Å². The van der Waals surface area contributed by atoms with Crippen LogP contribution in [0.2, 0.25) is 0 Å². The van der Waals surface area contributed by atoms with Gasteiger partial charge in [0.05, 0.1) is 0 Å². The molecule has 0 bridgehead atoms. The molecule has 3 nitrogen and oxygen atoms in total. The normalized spacial score (nSPS) is 18.7. The van der Waals surface area contributed by atoms with Crippen LogP contribution in [0, 0.1) is 11.8 Å². The topological polar surface area (TPSA) is 49.3 Å². The largest absolute Gasteiger partial charge is 0.396 e. The van der Waals surface area contributed by atoms with Gasteiger partial charge in [-0.3, -0.25) is 4.79 Å². The summed E-state index contributed by atoms with van der Waals surface area (Å²) in [6.45, 7) is 3.03. The van der Waals surface area contributed by atoms with Gasteiger partial charge in [-0.1, -0.05) is 13.3 Å². The molecule has 0 spiro atoms. The predicted octanol–water partition coefficient (Wildman–Crippen LogP) is 1.31. The minimum absolute atomic E-state index is 0.230. The quantitative estimate of drug-likeness (QED) is 0.634. The lowest BCUT2D eigenvalue weighted by Gasteiger charge is -2.24.